The summed E-state index contributed by atoms with van der Waals surface area (Å²) < 4.78 is 0. The summed E-state index contributed by atoms with van der Waals surface area (Å²) in [6.45, 7) is 11.5. The van der Waals surface area contributed by atoms with Gasteiger partial charge in [0.2, 0.25) is 0 Å². The third-order valence-corrected chi connectivity index (χ3v) is 6.85. The third-order valence-electron chi connectivity index (χ3n) is 6.85. The lowest BCUT2D eigenvalue weighted by molar-refractivity contribution is -0.130. The van der Waals surface area contributed by atoms with Crippen LogP contribution >= 0.6 is 0 Å². The molecule has 0 spiro atoms. The fourth-order valence-corrected chi connectivity index (χ4v) is 5.20. The number of carbonyl (C=O) groups excluding carboxylic acids is 1. The first kappa shape index (κ1) is 15.1. The summed E-state index contributed by atoms with van der Waals surface area (Å²) in [6, 6.07) is 0. The standard InChI is InChI=1S/C20H30O/c1-13(2)15-12-17(21)20(5)11-10-19(4)9-8-14(3)6-7-16(19)18(15)20/h8,12-13,16,18H,6-7,9-11H2,1-5H3/t16?,18-,19-,20-/m0/s1. The zero-order valence-electron chi connectivity index (χ0n) is 14.3. The van der Waals surface area contributed by atoms with Crippen molar-refractivity contribution in [2.24, 2.45) is 28.6 Å². The number of ketones is 1. The molecule has 0 aromatic heterocycles. The van der Waals surface area contributed by atoms with Gasteiger partial charge in [-0.05, 0) is 68.3 Å². The number of allylic oxidation sites excluding steroid dienone is 4. The molecule has 4 atom stereocenters. The summed E-state index contributed by atoms with van der Waals surface area (Å²) >= 11 is 0. The summed E-state index contributed by atoms with van der Waals surface area (Å²) in [6.07, 6.45) is 10.4. The Kier molecular flexibility index (Phi) is 3.46. The van der Waals surface area contributed by atoms with E-state index in [1.165, 1.54) is 31.3 Å². The molecule has 0 aromatic carbocycles. The summed E-state index contributed by atoms with van der Waals surface area (Å²) in [5.74, 6) is 2.07. The topological polar surface area (TPSA) is 17.1 Å². The predicted octanol–water partition coefficient (Wildman–Crippen LogP) is 5.32. The van der Waals surface area contributed by atoms with Crippen LogP contribution in [0, 0.1) is 28.6 Å². The largest absolute Gasteiger partial charge is 0.294 e. The average Bonchev–Trinajstić information content (AvgIpc) is 2.59. The van der Waals surface area contributed by atoms with Crippen molar-refractivity contribution >= 4 is 5.78 Å². The number of carbonyl (C=O) groups is 1. The van der Waals surface area contributed by atoms with Gasteiger partial charge in [-0.2, -0.15) is 0 Å². The third kappa shape index (κ3) is 2.15. The Morgan fingerprint density at radius 3 is 2.62 bits per heavy atom. The summed E-state index contributed by atoms with van der Waals surface area (Å²) in [5, 5.41) is 0. The summed E-state index contributed by atoms with van der Waals surface area (Å²) in [4.78, 5) is 12.7. The lowest BCUT2D eigenvalue weighted by Gasteiger charge is -2.52. The van der Waals surface area contributed by atoms with E-state index in [1.807, 2.05) is 6.08 Å². The van der Waals surface area contributed by atoms with Crippen LogP contribution < -0.4 is 0 Å². The van der Waals surface area contributed by atoms with Crippen LogP contribution in [0.5, 0.6) is 0 Å². The smallest absolute Gasteiger partial charge is 0.162 e. The maximum Gasteiger partial charge on any atom is 0.162 e. The molecule has 1 saturated carbocycles. The molecule has 0 bridgehead atoms. The Bertz CT molecular complexity index is 524. The van der Waals surface area contributed by atoms with Gasteiger partial charge < -0.3 is 0 Å². The van der Waals surface area contributed by atoms with Crippen LogP contribution in [0.4, 0.5) is 0 Å². The molecule has 1 nitrogen and oxygen atoms in total. The molecule has 0 saturated heterocycles. The van der Waals surface area contributed by atoms with Gasteiger partial charge in [-0.3, -0.25) is 4.79 Å². The predicted molar refractivity (Wildman–Crippen MR) is 88.0 cm³/mol. The molecule has 3 rings (SSSR count). The lowest BCUT2D eigenvalue weighted by atomic mass is 9.51. The van der Waals surface area contributed by atoms with E-state index in [9.17, 15) is 4.79 Å². The first-order valence-corrected chi connectivity index (χ1v) is 8.69. The molecule has 21 heavy (non-hydrogen) atoms. The van der Waals surface area contributed by atoms with Gasteiger partial charge in [0.1, 0.15) is 0 Å². The quantitative estimate of drug-likeness (QED) is 0.596. The van der Waals surface area contributed by atoms with Crippen molar-refractivity contribution in [2.45, 2.75) is 66.7 Å². The molecule has 1 heteroatoms. The second-order valence-electron chi connectivity index (χ2n) is 8.61. The maximum atomic E-state index is 12.7. The van der Waals surface area contributed by atoms with Crippen LogP contribution in [0.1, 0.15) is 66.7 Å². The minimum atomic E-state index is -0.109. The molecule has 0 radical (unpaired) electrons. The molecule has 0 amide bonds. The number of fused-ring (bicyclic) bond motifs is 3. The molecular formula is C20H30O. The monoisotopic (exact) mass is 286 g/mol. The number of hydrogen-bond donors (Lipinski definition) is 0. The van der Waals surface area contributed by atoms with Crippen molar-refractivity contribution in [3.05, 3.63) is 23.3 Å². The minimum Gasteiger partial charge on any atom is -0.294 e. The van der Waals surface area contributed by atoms with Crippen LogP contribution in [0.25, 0.3) is 0 Å². The molecular weight excluding hydrogens is 256 g/mol. The van der Waals surface area contributed by atoms with Crippen LogP contribution in [-0.4, -0.2) is 5.78 Å². The number of hydrogen-bond acceptors (Lipinski definition) is 1. The van der Waals surface area contributed by atoms with Gasteiger partial charge in [-0.25, -0.2) is 0 Å². The average molecular weight is 286 g/mol. The first-order valence-electron chi connectivity index (χ1n) is 8.69. The Labute approximate surface area is 129 Å². The van der Waals surface area contributed by atoms with Crippen molar-refractivity contribution in [2.75, 3.05) is 0 Å². The van der Waals surface area contributed by atoms with Crippen molar-refractivity contribution in [3.8, 4) is 0 Å². The highest BCUT2D eigenvalue weighted by molar-refractivity contribution is 5.99. The highest BCUT2D eigenvalue weighted by atomic mass is 16.1. The van der Waals surface area contributed by atoms with Gasteiger partial charge in [0.15, 0.2) is 5.78 Å². The van der Waals surface area contributed by atoms with Crippen molar-refractivity contribution in [1.29, 1.82) is 0 Å². The summed E-state index contributed by atoms with van der Waals surface area (Å²) in [5.41, 5.74) is 3.27. The molecule has 0 heterocycles. The zero-order valence-corrected chi connectivity index (χ0v) is 14.3. The van der Waals surface area contributed by atoms with E-state index in [4.69, 9.17) is 0 Å². The minimum absolute atomic E-state index is 0.109. The Hall–Kier alpha value is -0.850. The fourth-order valence-electron chi connectivity index (χ4n) is 5.20. The van der Waals surface area contributed by atoms with Gasteiger partial charge in [-0.15, -0.1) is 0 Å². The zero-order chi connectivity index (χ0) is 15.4. The molecule has 1 fully saturated rings. The van der Waals surface area contributed by atoms with Gasteiger partial charge in [-0.1, -0.05) is 44.9 Å². The molecule has 0 aliphatic heterocycles. The van der Waals surface area contributed by atoms with Crippen molar-refractivity contribution < 1.29 is 4.79 Å². The van der Waals surface area contributed by atoms with E-state index in [1.54, 1.807) is 5.57 Å². The van der Waals surface area contributed by atoms with Crippen molar-refractivity contribution in [1.82, 2.24) is 0 Å². The molecule has 3 aliphatic rings. The van der Waals surface area contributed by atoms with E-state index >= 15 is 0 Å². The van der Waals surface area contributed by atoms with E-state index in [2.05, 4.69) is 40.7 Å². The Morgan fingerprint density at radius 2 is 1.95 bits per heavy atom. The van der Waals surface area contributed by atoms with Crippen LogP contribution in [0.15, 0.2) is 23.3 Å². The second-order valence-corrected chi connectivity index (χ2v) is 8.61. The van der Waals surface area contributed by atoms with Crippen LogP contribution in [0.3, 0.4) is 0 Å². The van der Waals surface area contributed by atoms with E-state index in [0.717, 1.165) is 6.42 Å². The van der Waals surface area contributed by atoms with Gasteiger partial charge in [0.25, 0.3) is 0 Å². The molecule has 3 aliphatic carbocycles. The Morgan fingerprint density at radius 1 is 1.24 bits per heavy atom. The highest BCUT2D eigenvalue weighted by Gasteiger charge is 2.57. The first-order chi connectivity index (χ1) is 9.78. The van der Waals surface area contributed by atoms with Crippen LogP contribution in [-0.2, 0) is 4.79 Å². The van der Waals surface area contributed by atoms with E-state index < -0.39 is 0 Å². The molecule has 116 valence electrons. The molecule has 0 N–H and O–H groups in total. The maximum absolute atomic E-state index is 12.7. The van der Waals surface area contributed by atoms with Gasteiger partial charge in [0, 0.05) is 5.41 Å². The fraction of sp³-hybridized carbons (Fsp3) is 0.750. The van der Waals surface area contributed by atoms with Crippen molar-refractivity contribution in [3.63, 3.8) is 0 Å². The lowest BCUT2D eigenvalue weighted by Crippen LogP contribution is -2.47. The van der Waals surface area contributed by atoms with Crippen LogP contribution in [0.2, 0.25) is 0 Å². The molecule has 0 aromatic rings. The Balaban J connectivity index is 2.03. The SMILES string of the molecule is CC1=CC[C@@]2(C)CC[C@@]3(C)C(=O)C=C(C(C)C)[C@H]3C2CC1. The van der Waals surface area contributed by atoms with E-state index in [0.29, 0.717) is 29.0 Å². The van der Waals surface area contributed by atoms with Gasteiger partial charge in [0.05, 0.1) is 0 Å². The summed E-state index contributed by atoms with van der Waals surface area (Å²) in [7, 11) is 0. The molecule has 1 unspecified atom stereocenters. The van der Waals surface area contributed by atoms with Gasteiger partial charge >= 0.3 is 0 Å². The normalized spacial score (nSPS) is 43.0. The van der Waals surface area contributed by atoms with E-state index in [-0.39, 0.29) is 5.41 Å². The number of rotatable bonds is 1. The highest BCUT2D eigenvalue weighted by Crippen LogP contribution is 2.62. The second kappa shape index (κ2) is 4.83.